The van der Waals surface area contributed by atoms with Crippen molar-refractivity contribution in [1.82, 2.24) is 15.3 Å². The summed E-state index contributed by atoms with van der Waals surface area (Å²) in [7, 11) is 0. The van der Waals surface area contributed by atoms with Crippen LogP contribution in [0.3, 0.4) is 0 Å². The van der Waals surface area contributed by atoms with Gasteiger partial charge in [-0.15, -0.1) is 0 Å². The molecule has 0 spiro atoms. The Bertz CT molecular complexity index is 1280. The number of nitriles is 1. The second kappa shape index (κ2) is 11.8. The highest BCUT2D eigenvalue weighted by Crippen LogP contribution is 2.20. The van der Waals surface area contributed by atoms with Crippen molar-refractivity contribution < 1.29 is 14.6 Å². The third-order valence-electron chi connectivity index (χ3n) is 5.30. The van der Waals surface area contributed by atoms with Crippen LogP contribution in [0.15, 0.2) is 59.0 Å². The molecule has 3 N–H and O–H groups in total. The number of fused-ring (bicyclic) bond motifs is 1. The predicted molar refractivity (Wildman–Crippen MR) is 130 cm³/mol. The number of hydrogen-bond acceptors (Lipinski definition) is 7. The van der Waals surface area contributed by atoms with E-state index in [9.17, 15) is 20.0 Å². The minimum atomic E-state index is -0.769. The van der Waals surface area contributed by atoms with Crippen molar-refractivity contribution in [2.24, 2.45) is 0 Å². The van der Waals surface area contributed by atoms with Crippen molar-refractivity contribution in [3.63, 3.8) is 0 Å². The third-order valence-corrected chi connectivity index (χ3v) is 5.30. The minimum absolute atomic E-state index is 0.103. The number of rotatable bonds is 10. The van der Waals surface area contributed by atoms with Crippen molar-refractivity contribution in [2.75, 3.05) is 13.2 Å². The molecule has 0 amide bonds. The number of carbonyl (C=O) groups is 1. The zero-order valence-electron chi connectivity index (χ0n) is 19.3. The maximum atomic E-state index is 12.8. The highest BCUT2D eigenvalue weighted by Gasteiger charge is 2.24. The molecule has 0 aliphatic rings. The number of allylic oxidation sites excluding steroid dienone is 2. The van der Waals surface area contributed by atoms with E-state index in [0.717, 1.165) is 11.1 Å². The van der Waals surface area contributed by atoms with Crippen molar-refractivity contribution in [2.45, 2.75) is 39.2 Å². The van der Waals surface area contributed by atoms with E-state index in [0.29, 0.717) is 29.4 Å². The molecular weight excluding hydrogens is 432 g/mol. The number of benzene rings is 2. The summed E-state index contributed by atoms with van der Waals surface area (Å²) >= 11 is 0. The summed E-state index contributed by atoms with van der Waals surface area (Å²) in [5, 5.41) is 23.0. The SMILES string of the molecule is CCOC(=O)C(Cc1ccccc1)N/C(CCCO)=C(/C#N)c1nc2ccc(C)cc2c(=O)[nH]1. The van der Waals surface area contributed by atoms with Crippen LogP contribution in [0.2, 0.25) is 0 Å². The molecule has 0 bridgehead atoms. The standard InChI is InChI=1S/C26H28N4O4/c1-3-34-26(33)23(15-18-8-5-4-6-9-18)28-21(10-7-13-31)20(16-27)24-29-22-12-11-17(2)14-19(22)25(32)30-24/h4-6,8-9,11-12,14,23,28,31H,3,7,10,13,15H2,1-2H3,(H,29,30,32)/b21-20-. The molecule has 176 valence electrons. The van der Waals surface area contributed by atoms with Crippen LogP contribution >= 0.6 is 0 Å². The van der Waals surface area contributed by atoms with Crippen LogP contribution in [0.25, 0.3) is 16.5 Å². The Balaban J connectivity index is 2.07. The molecule has 1 atom stereocenters. The fourth-order valence-corrected chi connectivity index (χ4v) is 3.66. The van der Waals surface area contributed by atoms with Crippen LogP contribution in [-0.2, 0) is 16.0 Å². The maximum absolute atomic E-state index is 12.8. The summed E-state index contributed by atoms with van der Waals surface area (Å²) in [4.78, 5) is 32.6. The number of carbonyl (C=O) groups excluding carboxylic acids is 1. The van der Waals surface area contributed by atoms with Crippen LogP contribution in [0.5, 0.6) is 0 Å². The van der Waals surface area contributed by atoms with Gasteiger partial charge in [-0.05, 0) is 44.4 Å². The summed E-state index contributed by atoms with van der Waals surface area (Å²) in [6.07, 6.45) is 0.965. The molecular formula is C26H28N4O4. The van der Waals surface area contributed by atoms with Gasteiger partial charge < -0.3 is 20.1 Å². The number of aromatic amines is 1. The number of hydrogen-bond donors (Lipinski definition) is 3. The van der Waals surface area contributed by atoms with E-state index in [4.69, 9.17) is 4.74 Å². The number of nitrogens with one attached hydrogen (secondary N) is 2. The van der Waals surface area contributed by atoms with Gasteiger partial charge in [0.05, 0.1) is 17.5 Å². The van der Waals surface area contributed by atoms with Gasteiger partial charge in [0.25, 0.3) is 5.56 Å². The number of aromatic nitrogens is 2. The largest absolute Gasteiger partial charge is 0.464 e. The normalized spacial score (nSPS) is 12.5. The van der Waals surface area contributed by atoms with Gasteiger partial charge in [-0.1, -0.05) is 42.0 Å². The lowest BCUT2D eigenvalue weighted by molar-refractivity contribution is -0.145. The first kappa shape index (κ1) is 24.7. The Morgan fingerprint density at radius 3 is 2.71 bits per heavy atom. The van der Waals surface area contributed by atoms with E-state index in [-0.39, 0.29) is 36.6 Å². The van der Waals surface area contributed by atoms with Crippen molar-refractivity contribution >= 4 is 22.4 Å². The fourth-order valence-electron chi connectivity index (χ4n) is 3.66. The lowest BCUT2D eigenvalue weighted by atomic mass is 10.0. The Kier molecular flexibility index (Phi) is 8.54. The van der Waals surface area contributed by atoms with Crippen molar-refractivity contribution in [3.05, 3.63) is 81.5 Å². The summed E-state index contributed by atoms with van der Waals surface area (Å²) in [5.41, 5.74) is 2.46. The van der Waals surface area contributed by atoms with Crippen LogP contribution in [-0.4, -0.2) is 40.3 Å². The van der Waals surface area contributed by atoms with E-state index in [1.54, 1.807) is 19.1 Å². The number of nitrogens with zero attached hydrogens (tertiary/aromatic N) is 2. The van der Waals surface area contributed by atoms with Gasteiger partial charge >= 0.3 is 5.97 Å². The van der Waals surface area contributed by atoms with Crippen molar-refractivity contribution in [3.8, 4) is 6.07 Å². The molecule has 0 aliphatic heterocycles. The monoisotopic (exact) mass is 460 g/mol. The summed E-state index contributed by atoms with van der Waals surface area (Å²) in [6.45, 7) is 3.72. The predicted octanol–water partition coefficient (Wildman–Crippen LogP) is 3.00. The third kappa shape index (κ3) is 6.09. The van der Waals surface area contributed by atoms with E-state index in [1.807, 2.05) is 43.3 Å². The Morgan fingerprint density at radius 2 is 2.03 bits per heavy atom. The highest BCUT2D eigenvalue weighted by molar-refractivity contribution is 5.83. The van der Waals surface area contributed by atoms with Crippen molar-refractivity contribution in [1.29, 1.82) is 5.26 Å². The highest BCUT2D eigenvalue weighted by atomic mass is 16.5. The zero-order chi connectivity index (χ0) is 24.5. The molecule has 3 aromatic rings. The maximum Gasteiger partial charge on any atom is 0.328 e. The molecule has 0 saturated heterocycles. The first-order valence-electron chi connectivity index (χ1n) is 11.2. The number of aliphatic hydroxyl groups is 1. The van der Waals surface area contributed by atoms with Crippen LogP contribution in [0.1, 0.15) is 36.7 Å². The summed E-state index contributed by atoms with van der Waals surface area (Å²) < 4.78 is 5.26. The van der Waals surface area contributed by atoms with E-state index in [1.165, 1.54) is 0 Å². The van der Waals surface area contributed by atoms with E-state index < -0.39 is 12.0 Å². The van der Waals surface area contributed by atoms with Crippen LogP contribution in [0, 0.1) is 18.3 Å². The van der Waals surface area contributed by atoms with Gasteiger partial charge in [-0.3, -0.25) is 4.79 Å². The van der Waals surface area contributed by atoms with Crippen LogP contribution < -0.4 is 10.9 Å². The van der Waals surface area contributed by atoms with Gasteiger partial charge in [0.2, 0.25) is 0 Å². The molecule has 8 nitrogen and oxygen atoms in total. The molecule has 1 unspecified atom stereocenters. The topological polar surface area (TPSA) is 128 Å². The zero-order valence-corrected chi connectivity index (χ0v) is 19.3. The molecule has 34 heavy (non-hydrogen) atoms. The number of esters is 1. The first-order chi connectivity index (χ1) is 16.5. The Labute approximate surface area is 197 Å². The number of H-pyrrole nitrogens is 1. The average molecular weight is 461 g/mol. The molecule has 2 aromatic carbocycles. The number of aliphatic hydroxyl groups excluding tert-OH is 1. The number of ether oxygens (including phenoxy) is 1. The fraction of sp³-hybridized carbons (Fsp3) is 0.308. The first-order valence-corrected chi connectivity index (χ1v) is 11.2. The molecule has 0 fully saturated rings. The average Bonchev–Trinajstić information content (AvgIpc) is 2.83. The molecule has 0 aliphatic carbocycles. The second-order valence-corrected chi connectivity index (χ2v) is 7.87. The van der Waals surface area contributed by atoms with Gasteiger partial charge in [0, 0.05) is 18.7 Å². The van der Waals surface area contributed by atoms with Gasteiger partial charge in [-0.25, -0.2) is 9.78 Å². The summed E-state index contributed by atoms with van der Waals surface area (Å²) in [5.74, 6) is -0.354. The molecule has 1 heterocycles. The summed E-state index contributed by atoms with van der Waals surface area (Å²) in [6, 6.07) is 16.1. The molecule has 0 radical (unpaired) electrons. The Morgan fingerprint density at radius 1 is 1.26 bits per heavy atom. The quantitative estimate of drug-likeness (QED) is 0.313. The molecule has 0 saturated carbocycles. The van der Waals surface area contributed by atoms with Gasteiger partial charge in [0.15, 0.2) is 5.82 Å². The lowest BCUT2D eigenvalue weighted by Gasteiger charge is -2.21. The van der Waals surface area contributed by atoms with Gasteiger partial charge in [0.1, 0.15) is 17.7 Å². The number of aryl methyl sites for hydroxylation is 1. The van der Waals surface area contributed by atoms with Gasteiger partial charge in [-0.2, -0.15) is 5.26 Å². The lowest BCUT2D eigenvalue weighted by Crippen LogP contribution is -2.40. The van der Waals surface area contributed by atoms with Crippen LogP contribution in [0.4, 0.5) is 0 Å². The second-order valence-electron chi connectivity index (χ2n) is 7.87. The molecule has 3 rings (SSSR count). The van der Waals surface area contributed by atoms with E-state index >= 15 is 0 Å². The van der Waals surface area contributed by atoms with E-state index in [2.05, 4.69) is 21.4 Å². The Hall–Kier alpha value is -3.96. The molecule has 1 aromatic heterocycles. The molecule has 8 heteroatoms. The minimum Gasteiger partial charge on any atom is -0.464 e. The smallest absolute Gasteiger partial charge is 0.328 e.